The second kappa shape index (κ2) is 5.37. The van der Waals surface area contributed by atoms with Crippen LogP contribution in [0.3, 0.4) is 0 Å². The molecule has 118 valence electrons. The second-order valence-electron chi connectivity index (χ2n) is 6.46. The van der Waals surface area contributed by atoms with Crippen molar-refractivity contribution in [2.75, 3.05) is 26.2 Å². The first-order valence-electron chi connectivity index (χ1n) is 7.64. The number of hydrogen-bond donors (Lipinski definition) is 1. The summed E-state index contributed by atoms with van der Waals surface area (Å²) in [7, 11) is -1.64. The van der Waals surface area contributed by atoms with E-state index in [0.29, 0.717) is 13.1 Å². The molecule has 1 aromatic heterocycles. The highest BCUT2D eigenvalue weighted by Crippen LogP contribution is 2.37. The number of piperidine rings is 2. The zero-order valence-electron chi connectivity index (χ0n) is 12.8. The van der Waals surface area contributed by atoms with Crippen LogP contribution >= 0.6 is 0 Å². The number of sulfonamides is 1. The number of aromatic nitrogens is 2. The summed E-state index contributed by atoms with van der Waals surface area (Å²) < 4.78 is 29.0. The third kappa shape index (κ3) is 2.74. The first kappa shape index (κ1) is 15.0. The van der Waals surface area contributed by atoms with Gasteiger partial charge in [-0.2, -0.15) is 4.31 Å². The van der Waals surface area contributed by atoms with Gasteiger partial charge in [-0.15, -0.1) is 0 Å². The van der Waals surface area contributed by atoms with Crippen molar-refractivity contribution in [3.05, 3.63) is 12.0 Å². The van der Waals surface area contributed by atoms with E-state index in [1.165, 1.54) is 0 Å². The average Bonchev–Trinajstić information content (AvgIpc) is 2.80. The van der Waals surface area contributed by atoms with Gasteiger partial charge in [0, 0.05) is 32.9 Å². The Hall–Kier alpha value is -0.920. The lowest BCUT2D eigenvalue weighted by molar-refractivity contribution is 0.110. The van der Waals surface area contributed by atoms with Crippen LogP contribution < -0.4 is 5.32 Å². The molecule has 3 heterocycles. The summed E-state index contributed by atoms with van der Waals surface area (Å²) in [5, 5.41) is 3.61. The first-order chi connectivity index (χ1) is 9.93. The predicted molar refractivity (Wildman–Crippen MR) is 80.5 cm³/mol. The maximum absolute atomic E-state index is 12.8. The molecule has 1 spiro atoms. The molecular weight excluding hydrogens is 288 g/mol. The molecule has 0 saturated carbocycles. The Bertz CT molecular complexity index is 592. The van der Waals surface area contributed by atoms with Crippen LogP contribution in [0.25, 0.3) is 0 Å². The van der Waals surface area contributed by atoms with Gasteiger partial charge in [-0.25, -0.2) is 13.4 Å². The Kier molecular flexibility index (Phi) is 3.83. The van der Waals surface area contributed by atoms with Gasteiger partial charge in [-0.3, -0.25) is 0 Å². The highest BCUT2D eigenvalue weighted by molar-refractivity contribution is 7.89. The molecule has 3 rings (SSSR count). The molecule has 1 N–H and O–H groups in total. The molecule has 0 bridgehead atoms. The minimum atomic E-state index is -3.47. The minimum Gasteiger partial charge on any atom is -0.337 e. The maximum Gasteiger partial charge on any atom is 0.262 e. The van der Waals surface area contributed by atoms with Gasteiger partial charge in [0.05, 0.1) is 0 Å². The van der Waals surface area contributed by atoms with E-state index in [1.54, 1.807) is 15.1 Å². The predicted octanol–water partition coefficient (Wildman–Crippen LogP) is 0.883. The number of imidazole rings is 1. The van der Waals surface area contributed by atoms with Crippen molar-refractivity contribution in [3.8, 4) is 0 Å². The molecule has 0 radical (unpaired) electrons. The largest absolute Gasteiger partial charge is 0.337 e. The summed E-state index contributed by atoms with van der Waals surface area (Å²) in [6, 6.07) is 0. The molecule has 0 aliphatic carbocycles. The topological polar surface area (TPSA) is 67.2 Å². The average molecular weight is 312 g/mol. The highest BCUT2D eigenvalue weighted by Gasteiger charge is 2.41. The van der Waals surface area contributed by atoms with Crippen molar-refractivity contribution in [3.63, 3.8) is 0 Å². The van der Waals surface area contributed by atoms with E-state index >= 15 is 0 Å². The molecule has 2 aliphatic rings. The van der Waals surface area contributed by atoms with E-state index in [9.17, 15) is 8.42 Å². The number of aryl methyl sites for hydroxylation is 2. The monoisotopic (exact) mass is 312 g/mol. The lowest BCUT2D eigenvalue weighted by Gasteiger charge is -2.44. The third-order valence-electron chi connectivity index (χ3n) is 4.88. The van der Waals surface area contributed by atoms with Crippen LogP contribution in [0.1, 0.15) is 31.5 Å². The molecule has 2 saturated heterocycles. The molecule has 21 heavy (non-hydrogen) atoms. The van der Waals surface area contributed by atoms with Crippen LogP contribution in [0.4, 0.5) is 0 Å². The number of hydrogen-bond acceptors (Lipinski definition) is 4. The van der Waals surface area contributed by atoms with E-state index in [0.717, 1.165) is 44.6 Å². The number of nitrogens with one attached hydrogen (secondary N) is 1. The second-order valence-corrected chi connectivity index (χ2v) is 8.34. The Balaban J connectivity index is 1.85. The Morgan fingerprint density at radius 2 is 2.10 bits per heavy atom. The summed E-state index contributed by atoms with van der Waals surface area (Å²) in [5.74, 6) is 0.722. The SMILES string of the molecule is Cc1nc(S(=O)(=O)N2CCCC3(CCCNC3)C2)cn1C. The summed E-state index contributed by atoms with van der Waals surface area (Å²) in [4.78, 5) is 4.21. The van der Waals surface area contributed by atoms with Crippen LogP contribution in [0.15, 0.2) is 11.2 Å². The van der Waals surface area contributed by atoms with Gasteiger partial charge in [-0.05, 0) is 44.6 Å². The molecule has 1 atom stereocenters. The summed E-state index contributed by atoms with van der Waals surface area (Å²) in [5.41, 5.74) is 0.118. The minimum absolute atomic E-state index is 0.118. The van der Waals surface area contributed by atoms with Crippen LogP contribution in [-0.2, 0) is 17.1 Å². The van der Waals surface area contributed by atoms with Crippen LogP contribution in [0.5, 0.6) is 0 Å². The maximum atomic E-state index is 12.8. The summed E-state index contributed by atoms with van der Waals surface area (Å²) in [6.07, 6.45) is 5.93. The Morgan fingerprint density at radius 1 is 1.33 bits per heavy atom. The van der Waals surface area contributed by atoms with Gasteiger partial charge in [0.15, 0.2) is 5.03 Å². The third-order valence-corrected chi connectivity index (χ3v) is 6.59. The molecule has 1 aromatic rings. The van der Waals surface area contributed by atoms with Gasteiger partial charge in [0.25, 0.3) is 10.0 Å². The quantitative estimate of drug-likeness (QED) is 0.880. The lowest BCUT2D eigenvalue weighted by atomic mass is 9.75. The van der Waals surface area contributed by atoms with Gasteiger partial charge in [0.2, 0.25) is 0 Å². The zero-order chi connectivity index (χ0) is 15.1. The van der Waals surface area contributed by atoms with E-state index in [1.807, 2.05) is 14.0 Å². The molecule has 2 aliphatic heterocycles. The van der Waals surface area contributed by atoms with Crippen LogP contribution in [0, 0.1) is 12.3 Å². The Morgan fingerprint density at radius 3 is 2.71 bits per heavy atom. The molecule has 0 amide bonds. The van der Waals surface area contributed by atoms with Crippen LogP contribution in [-0.4, -0.2) is 48.5 Å². The fourth-order valence-corrected chi connectivity index (χ4v) is 5.15. The number of nitrogens with zero attached hydrogens (tertiary/aromatic N) is 3. The standard InChI is InChI=1S/C14H24N4O2S/c1-12-16-13(9-17(12)2)21(19,20)18-8-4-6-14(11-18)5-3-7-15-10-14/h9,15H,3-8,10-11H2,1-2H3. The smallest absolute Gasteiger partial charge is 0.262 e. The van der Waals surface area contributed by atoms with Crippen LogP contribution in [0.2, 0.25) is 0 Å². The molecule has 1 unspecified atom stereocenters. The van der Waals surface area contributed by atoms with E-state index < -0.39 is 10.0 Å². The van der Waals surface area contributed by atoms with Crippen molar-refractivity contribution < 1.29 is 8.42 Å². The van der Waals surface area contributed by atoms with Crippen molar-refractivity contribution in [2.24, 2.45) is 12.5 Å². The zero-order valence-corrected chi connectivity index (χ0v) is 13.6. The van der Waals surface area contributed by atoms with E-state index in [2.05, 4.69) is 10.3 Å². The van der Waals surface area contributed by atoms with Gasteiger partial charge in [-0.1, -0.05) is 0 Å². The highest BCUT2D eigenvalue weighted by atomic mass is 32.2. The summed E-state index contributed by atoms with van der Waals surface area (Å²) >= 11 is 0. The lowest BCUT2D eigenvalue weighted by Crippen LogP contribution is -2.52. The first-order valence-corrected chi connectivity index (χ1v) is 9.08. The fraction of sp³-hybridized carbons (Fsp3) is 0.786. The van der Waals surface area contributed by atoms with Crippen molar-refractivity contribution >= 4 is 10.0 Å². The van der Waals surface area contributed by atoms with Crippen molar-refractivity contribution in [1.29, 1.82) is 0 Å². The van der Waals surface area contributed by atoms with E-state index in [-0.39, 0.29) is 10.4 Å². The van der Waals surface area contributed by atoms with Gasteiger partial charge < -0.3 is 9.88 Å². The molecule has 2 fully saturated rings. The Labute approximate surface area is 126 Å². The fourth-order valence-electron chi connectivity index (χ4n) is 3.53. The van der Waals surface area contributed by atoms with Crippen molar-refractivity contribution in [2.45, 2.75) is 37.6 Å². The number of rotatable bonds is 2. The molecule has 6 nitrogen and oxygen atoms in total. The van der Waals surface area contributed by atoms with Gasteiger partial charge in [0.1, 0.15) is 5.82 Å². The summed E-state index contributed by atoms with van der Waals surface area (Å²) in [6.45, 7) is 5.04. The van der Waals surface area contributed by atoms with Crippen molar-refractivity contribution in [1.82, 2.24) is 19.2 Å². The normalized spacial score (nSPS) is 28.1. The molecular formula is C14H24N4O2S. The molecule has 7 heteroatoms. The van der Waals surface area contributed by atoms with Gasteiger partial charge >= 0.3 is 0 Å². The molecule has 0 aromatic carbocycles. The van der Waals surface area contributed by atoms with E-state index in [4.69, 9.17) is 0 Å².